The van der Waals surface area contributed by atoms with Gasteiger partial charge in [0.15, 0.2) is 5.78 Å². The van der Waals surface area contributed by atoms with Crippen LogP contribution in [0.3, 0.4) is 0 Å². The fourth-order valence-corrected chi connectivity index (χ4v) is 6.88. The van der Waals surface area contributed by atoms with Crippen LogP contribution >= 0.6 is 11.3 Å². The average molecular weight is 843 g/mol. The first kappa shape index (κ1) is 41.0. The molecule has 0 bridgehead atoms. The van der Waals surface area contributed by atoms with E-state index in [0.717, 1.165) is 64.2 Å². The number of allylic oxidation sites excluding steroid dienone is 2. The molecular formula is C41H52IrN3O2S-. The van der Waals surface area contributed by atoms with Gasteiger partial charge in [-0.05, 0) is 36.5 Å². The third-order valence-corrected chi connectivity index (χ3v) is 9.50. The summed E-state index contributed by atoms with van der Waals surface area (Å²) in [5, 5.41) is 22.8. The van der Waals surface area contributed by atoms with Crippen molar-refractivity contribution in [1.29, 1.82) is 5.26 Å². The SMILES string of the molecule is CC(C)(C)Cc1ncc(-c2cc(-c3[c-]c4ccccc4c(C(C)(C)C)c3)ncc2C#N)s1.CCC(CC)C(=O)/C=C(\O)C(CC)CC.[Ir]. The van der Waals surface area contributed by atoms with Gasteiger partial charge in [0.1, 0.15) is 6.07 Å². The molecule has 0 unspecified atom stereocenters. The van der Waals surface area contributed by atoms with Crippen molar-refractivity contribution in [3.8, 4) is 27.8 Å². The number of carbonyl (C=O) groups excluding carboxylic acids is 1. The molecule has 4 rings (SSSR count). The number of aliphatic hydroxyl groups excluding tert-OH is 1. The van der Waals surface area contributed by atoms with Crippen LogP contribution in [0.25, 0.3) is 32.5 Å². The molecule has 259 valence electrons. The van der Waals surface area contributed by atoms with Gasteiger partial charge in [-0.1, -0.05) is 104 Å². The van der Waals surface area contributed by atoms with Crippen LogP contribution in [-0.4, -0.2) is 20.9 Å². The smallest absolute Gasteiger partial charge is 0.162 e. The van der Waals surface area contributed by atoms with Crippen molar-refractivity contribution in [2.45, 2.75) is 107 Å². The molecule has 0 spiro atoms. The van der Waals surface area contributed by atoms with E-state index in [0.29, 0.717) is 5.56 Å². The van der Waals surface area contributed by atoms with Crippen LogP contribution in [0, 0.1) is 34.6 Å². The Morgan fingerprint density at radius 2 is 1.58 bits per heavy atom. The Morgan fingerprint density at radius 1 is 0.958 bits per heavy atom. The van der Waals surface area contributed by atoms with Gasteiger partial charge in [0.05, 0.1) is 21.2 Å². The number of carbonyl (C=O) groups is 1. The maximum Gasteiger partial charge on any atom is 0.162 e. The third kappa shape index (κ3) is 10.9. The summed E-state index contributed by atoms with van der Waals surface area (Å²) in [6.45, 7) is 21.4. The number of aromatic nitrogens is 2. The van der Waals surface area contributed by atoms with Crippen LogP contribution in [-0.2, 0) is 36.7 Å². The number of ketones is 1. The molecule has 1 N–H and O–H groups in total. The quantitative estimate of drug-likeness (QED) is 0.0976. The number of benzene rings is 2. The van der Waals surface area contributed by atoms with Crippen molar-refractivity contribution in [3.63, 3.8) is 0 Å². The molecule has 48 heavy (non-hydrogen) atoms. The molecule has 0 fully saturated rings. The van der Waals surface area contributed by atoms with Crippen molar-refractivity contribution in [1.82, 2.24) is 9.97 Å². The van der Waals surface area contributed by atoms with Gasteiger partial charge in [0, 0.05) is 68.1 Å². The van der Waals surface area contributed by atoms with Gasteiger partial charge in [-0.25, -0.2) is 4.98 Å². The molecule has 2 heterocycles. The van der Waals surface area contributed by atoms with Crippen molar-refractivity contribution >= 4 is 27.9 Å². The Hall–Kier alpha value is -3.17. The molecule has 5 nitrogen and oxygen atoms in total. The van der Waals surface area contributed by atoms with E-state index in [1.807, 2.05) is 46.0 Å². The molecule has 0 saturated carbocycles. The van der Waals surface area contributed by atoms with Crippen LogP contribution in [0.2, 0.25) is 0 Å². The summed E-state index contributed by atoms with van der Waals surface area (Å²) in [4.78, 5) is 22.0. The Balaban J connectivity index is 0.000000427. The van der Waals surface area contributed by atoms with Crippen LogP contribution < -0.4 is 0 Å². The normalized spacial score (nSPS) is 12.0. The van der Waals surface area contributed by atoms with E-state index < -0.39 is 0 Å². The molecule has 0 aliphatic carbocycles. The van der Waals surface area contributed by atoms with Gasteiger partial charge >= 0.3 is 0 Å². The fraction of sp³-hybridized carbons (Fsp3) is 0.463. The van der Waals surface area contributed by atoms with E-state index in [9.17, 15) is 15.2 Å². The predicted octanol–water partition coefficient (Wildman–Crippen LogP) is 11.5. The number of pyridine rings is 1. The molecule has 0 aliphatic rings. The summed E-state index contributed by atoms with van der Waals surface area (Å²) in [5.41, 5.74) is 4.63. The first-order valence-corrected chi connectivity index (χ1v) is 17.7. The molecule has 7 heteroatoms. The zero-order chi connectivity index (χ0) is 34.9. The molecule has 0 atom stereocenters. The summed E-state index contributed by atoms with van der Waals surface area (Å²) in [6.07, 6.45) is 9.37. The monoisotopic (exact) mass is 843 g/mol. The van der Waals surface area contributed by atoms with Crippen LogP contribution in [0.5, 0.6) is 0 Å². The van der Waals surface area contributed by atoms with Gasteiger partial charge in [-0.15, -0.1) is 40.5 Å². The third-order valence-electron chi connectivity index (χ3n) is 8.47. The predicted molar refractivity (Wildman–Crippen MR) is 198 cm³/mol. The Kier molecular flexibility index (Phi) is 15.4. The molecular weight excluding hydrogens is 791 g/mol. The second kappa shape index (κ2) is 18.0. The van der Waals surface area contributed by atoms with E-state index in [1.54, 1.807) is 17.5 Å². The van der Waals surface area contributed by atoms with E-state index >= 15 is 0 Å². The number of thiazole rings is 1. The van der Waals surface area contributed by atoms with E-state index in [-0.39, 0.29) is 54.3 Å². The summed E-state index contributed by atoms with van der Waals surface area (Å²) < 4.78 is 0. The van der Waals surface area contributed by atoms with Crippen LogP contribution in [0.15, 0.2) is 60.6 Å². The number of hydrogen-bond acceptors (Lipinski definition) is 6. The molecule has 0 amide bonds. The number of rotatable bonds is 10. The second-order valence-corrected chi connectivity index (χ2v) is 15.6. The van der Waals surface area contributed by atoms with E-state index in [2.05, 4.69) is 87.9 Å². The van der Waals surface area contributed by atoms with Crippen molar-refractivity contribution in [2.75, 3.05) is 0 Å². The largest absolute Gasteiger partial charge is 0.512 e. The van der Waals surface area contributed by atoms with Crippen molar-refractivity contribution < 1.29 is 30.0 Å². The molecule has 4 aromatic rings. The molecule has 0 saturated heterocycles. The van der Waals surface area contributed by atoms with Crippen molar-refractivity contribution in [2.24, 2.45) is 17.3 Å². The summed E-state index contributed by atoms with van der Waals surface area (Å²) >= 11 is 1.66. The molecule has 0 aliphatic heterocycles. The Bertz CT molecular complexity index is 1730. The summed E-state index contributed by atoms with van der Waals surface area (Å²) in [6, 6.07) is 18.4. The number of fused-ring (bicyclic) bond motifs is 1. The van der Waals surface area contributed by atoms with Gasteiger partial charge in [-0.3, -0.25) is 9.78 Å². The minimum absolute atomic E-state index is 0. The first-order valence-electron chi connectivity index (χ1n) is 16.9. The van der Waals surface area contributed by atoms with Gasteiger partial charge in [0.25, 0.3) is 0 Å². The number of nitrogens with zero attached hydrogens (tertiary/aromatic N) is 3. The molecule has 1 radical (unpaired) electrons. The van der Waals surface area contributed by atoms with Crippen molar-refractivity contribution in [3.05, 3.63) is 82.8 Å². The zero-order valence-electron chi connectivity index (χ0n) is 30.3. The molecule has 2 aromatic carbocycles. The van der Waals surface area contributed by atoms with Gasteiger partial charge in [0.2, 0.25) is 0 Å². The number of nitriles is 1. The minimum Gasteiger partial charge on any atom is -0.512 e. The topological polar surface area (TPSA) is 86.9 Å². The first-order chi connectivity index (χ1) is 22.1. The minimum atomic E-state index is -0.0155. The van der Waals surface area contributed by atoms with Gasteiger partial charge in [-0.2, -0.15) is 5.26 Å². The summed E-state index contributed by atoms with van der Waals surface area (Å²) in [7, 11) is 0. The Morgan fingerprint density at radius 3 is 2.15 bits per heavy atom. The Labute approximate surface area is 306 Å². The summed E-state index contributed by atoms with van der Waals surface area (Å²) in [5.74, 6) is 0.547. The maximum absolute atomic E-state index is 11.7. The van der Waals surface area contributed by atoms with Crippen LogP contribution in [0.4, 0.5) is 0 Å². The standard InChI is InChI=1S/C28H28N3S.C13H24O2.Ir/c1-27(2,3)14-26-31-17-25(32-26)22-13-24(30-16-20(22)15-29)19-11-18-9-7-8-10-21(18)23(12-19)28(4,5)6;1-5-10(6-2)12(14)9-13(15)11(7-3)8-4;/h7-10,12-13,16-17H,14H2,1-6H3;9-11,14H,5-8H2,1-4H3;/q-1;;/b;12-9-;. The second-order valence-electron chi connectivity index (χ2n) is 14.5. The number of hydrogen-bond donors (Lipinski definition) is 1. The van der Waals surface area contributed by atoms with E-state index in [4.69, 9.17) is 0 Å². The van der Waals surface area contributed by atoms with Crippen LogP contribution in [0.1, 0.15) is 111 Å². The van der Waals surface area contributed by atoms with E-state index in [1.165, 1.54) is 17.0 Å². The maximum atomic E-state index is 11.7. The van der Waals surface area contributed by atoms with Gasteiger partial charge < -0.3 is 5.11 Å². The molecule has 2 aromatic heterocycles. The number of aliphatic hydroxyl groups is 1. The fourth-order valence-electron chi connectivity index (χ4n) is 5.63. The average Bonchev–Trinajstić information content (AvgIpc) is 3.48. The zero-order valence-corrected chi connectivity index (χ0v) is 33.5.